The summed E-state index contributed by atoms with van der Waals surface area (Å²) in [6, 6.07) is 8.31. The number of rotatable bonds is 10. The first-order chi connectivity index (χ1) is 9.27. The molecule has 1 aromatic rings. The van der Waals surface area contributed by atoms with E-state index in [4.69, 9.17) is 9.47 Å². The molecule has 0 saturated carbocycles. The zero-order chi connectivity index (χ0) is 13.9. The van der Waals surface area contributed by atoms with Crippen molar-refractivity contribution in [3.63, 3.8) is 0 Å². The van der Waals surface area contributed by atoms with Gasteiger partial charge in [0.05, 0.1) is 7.11 Å². The van der Waals surface area contributed by atoms with Crippen LogP contribution in [0.5, 0.6) is 11.5 Å². The molecule has 19 heavy (non-hydrogen) atoms. The van der Waals surface area contributed by atoms with Crippen molar-refractivity contribution in [1.82, 2.24) is 5.32 Å². The van der Waals surface area contributed by atoms with Gasteiger partial charge in [0.25, 0.3) is 0 Å². The third-order valence-corrected chi connectivity index (χ3v) is 3.16. The zero-order valence-electron chi connectivity index (χ0n) is 12.4. The maximum atomic E-state index is 5.72. The second-order valence-electron chi connectivity index (χ2n) is 4.85. The largest absolute Gasteiger partial charge is 0.493 e. The molecule has 0 saturated heterocycles. The van der Waals surface area contributed by atoms with Crippen LogP contribution in [0.2, 0.25) is 0 Å². The van der Waals surface area contributed by atoms with E-state index < -0.39 is 0 Å². The average Bonchev–Trinajstić information content (AvgIpc) is 2.44. The van der Waals surface area contributed by atoms with E-state index in [1.54, 1.807) is 7.11 Å². The standard InChI is InChI=1S/C16H27NO2/c1-4-5-6-9-14(2)17-12-13-19-16-11-8-7-10-15(16)18-3/h7-8,10-11,14,17H,4-6,9,12-13H2,1-3H3. The molecule has 0 aliphatic heterocycles. The highest BCUT2D eigenvalue weighted by molar-refractivity contribution is 5.39. The quantitative estimate of drug-likeness (QED) is 0.655. The van der Waals surface area contributed by atoms with Crippen LogP contribution in [0.1, 0.15) is 39.5 Å². The molecule has 1 rings (SSSR count). The normalized spacial score (nSPS) is 12.2. The summed E-state index contributed by atoms with van der Waals surface area (Å²) in [7, 11) is 1.66. The highest BCUT2D eigenvalue weighted by atomic mass is 16.5. The van der Waals surface area contributed by atoms with Crippen molar-refractivity contribution in [2.75, 3.05) is 20.3 Å². The molecule has 1 atom stereocenters. The minimum atomic E-state index is 0.563. The lowest BCUT2D eigenvalue weighted by Crippen LogP contribution is -2.30. The van der Waals surface area contributed by atoms with Crippen LogP contribution in [0.25, 0.3) is 0 Å². The van der Waals surface area contributed by atoms with Crippen LogP contribution in [-0.4, -0.2) is 26.3 Å². The van der Waals surface area contributed by atoms with Crippen LogP contribution >= 0.6 is 0 Å². The van der Waals surface area contributed by atoms with Crippen LogP contribution in [-0.2, 0) is 0 Å². The Hall–Kier alpha value is -1.22. The molecule has 0 aromatic heterocycles. The molecule has 0 fully saturated rings. The molecule has 1 aromatic carbocycles. The molecule has 3 heteroatoms. The number of unbranched alkanes of at least 4 members (excludes halogenated alkanes) is 2. The maximum absolute atomic E-state index is 5.72. The first kappa shape index (κ1) is 15.8. The summed E-state index contributed by atoms with van der Waals surface area (Å²) in [6.07, 6.45) is 5.15. The fourth-order valence-electron chi connectivity index (χ4n) is 2.01. The van der Waals surface area contributed by atoms with Gasteiger partial charge >= 0.3 is 0 Å². The van der Waals surface area contributed by atoms with Crippen LogP contribution in [0.4, 0.5) is 0 Å². The van der Waals surface area contributed by atoms with Crippen molar-refractivity contribution < 1.29 is 9.47 Å². The van der Waals surface area contributed by atoms with E-state index in [1.165, 1.54) is 25.7 Å². The van der Waals surface area contributed by atoms with Crippen LogP contribution < -0.4 is 14.8 Å². The van der Waals surface area contributed by atoms with Gasteiger partial charge in [-0.25, -0.2) is 0 Å². The number of methoxy groups -OCH3 is 1. The minimum absolute atomic E-state index is 0.563. The Bertz CT molecular complexity index is 341. The Morgan fingerprint density at radius 2 is 1.89 bits per heavy atom. The van der Waals surface area contributed by atoms with E-state index in [0.29, 0.717) is 12.6 Å². The number of ether oxygens (including phenoxy) is 2. The van der Waals surface area contributed by atoms with Crippen LogP contribution in [0.15, 0.2) is 24.3 Å². The monoisotopic (exact) mass is 265 g/mol. The molecular weight excluding hydrogens is 238 g/mol. The van der Waals surface area contributed by atoms with E-state index in [1.807, 2.05) is 24.3 Å². The number of benzene rings is 1. The molecule has 0 radical (unpaired) electrons. The van der Waals surface area contributed by atoms with Gasteiger partial charge in [-0.1, -0.05) is 38.3 Å². The highest BCUT2D eigenvalue weighted by Crippen LogP contribution is 2.25. The summed E-state index contributed by atoms with van der Waals surface area (Å²) < 4.78 is 11.0. The van der Waals surface area contributed by atoms with Crippen molar-refractivity contribution >= 4 is 0 Å². The van der Waals surface area contributed by atoms with E-state index >= 15 is 0 Å². The average molecular weight is 265 g/mol. The van der Waals surface area contributed by atoms with Crippen molar-refractivity contribution in [3.05, 3.63) is 24.3 Å². The maximum Gasteiger partial charge on any atom is 0.161 e. The first-order valence-electron chi connectivity index (χ1n) is 7.27. The Kier molecular flexibility index (Phi) is 8.07. The lowest BCUT2D eigenvalue weighted by molar-refractivity contribution is 0.285. The van der Waals surface area contributed by atoms with E-state index in [-0.39, 0.29) is 0 Å². The number of para-hydroxylation sites is 2. The smallest absolute Gasteiger partial charge is 0.161 e. The van der Waals surface area contributed by atoms with E-state index in [2.05, 4.69) is 19.2 Å². The minimum Gasteiger partial charge on any atom is -0.493 e. The lowest BCUT2D eigenvalue weighted by atomic mass is 10.1. The van der Waals surface area contributed by atoms with Crippen LogP contribution in [0.3, 0.4) is 0 Å². The Labute approximate surface area is 117 Å². The Morgan fingerprint density at radius 3 is 2.58 bits per heavy atom. The Balaban J connectivity index is 2.16. The summed E-state index contributed by atoms with van der Waals surface area (Å²) >= 11 is 0. The Morgan fingerprint density at radius 1 is 1.16 bits per heavy atom. The van der Waals surface area contributed by atoms with Crippen molar-refractivity contribution in [3.8, 4) is 11.5 Å². The van der Waals surface area contributed by atoms with Gasteiger partial charge in [-0.15, -0.1) is 0 Å². The molecule has 1 N–H and O–H groups in total. The van der Waals surface area contributed by atoms with Gasteiger partial charge in [0.15, 0.2) is 11.5 Å². The van der Waals surface area contributed by atoms with Crippen LogP contribution in [0, 0.1) is 0 Å². The van der Waals surface area contributed by atoms with E-state index in [0.717, 1.165) is 18.0 Å². The summed E-state index contributed by atoms with van der Waals surface area (Å²) in [5.74, 6) is 1.60. The highest BCUT2D eigenvalue weighted by Gasteiger charge is 2.03. The second kappa shape index (κ2) is 9.68. The van der Waals surface area contributed by atoms with Gasteiger partial charge < -0.3 is 14.8 Å². The lowest BCUT2D eigenvalue weighted by Gasteiger charge is -2.14. The molecule has 0 bridgehead atoms. The van der Waals surface area contributed by atoms with Crippen molar-refractivity contribution in [2.24, 2.45) is 0 Å². The fourth-order valence-corrected chi connectivity index (χ4v) is 2.01. The van der Waals surface area contributed by atoms with Gasteiger partial charge in [-0.2, -0.15) is 0 Å². The van der Waals surface area contributed by atoms with Gasteiger partial charge in [-0.05, 0) is 25.5 Å². The zero-order valence-corrected chi connectivity index (χ0v) is 12.4. The summed E-state index contributed by atoms with van der Waals surface area (Å²) in [4.78, 5) is 0. The molecule has 0 aliphatic carbocycles. The topological polar surface area (TPSA) is 30.5 Å². The molecule has 0 aliphatic rings. The molecule has 3 nitrogen and oxygen atoms in total. The number of hydrogen-bond acceptors (Lipinski definition) is 3. The van der Waals surface area contributed by atoms with E-state index in [9.17, 15) is 0 Å². The van der Waals surface area contributed by atoms with Gasteiger partial charge in [0.1, 0.15) is 6.61 Å². The summed E-state index contributed by atoms with van der Waals surface area (Å²) in [5, 5.41) is 3.48. The summed E-state index contributed by atoms with van der Waals surface area (Å²) in [5.41, 5.74) is 0. The molecule has 108 valence electrons. The van der Waals surface area contributed by atoms with Gasteiger partial charge in [0.2, 0.25) is 0 Å². The molecule has 0 amide bonds. The predicted molar refractivity (Wildman–Crippen MR) is 80.1 cm³/mol. The molecule has 1 unspecified atom stereocenters. The number of hydrogen-bond donors (Lipinski definition) is 1. The predicted octanol–water partition coefficient (Wildman–Crippen LogP) is 3.63. The van der Waals surface area contributed by atoms with Gasteiger partial charge in [-0.3, -0.25) is 0 Å². The number of nitrogens with one attached hydrogen (secondary N) is 1. The molecule has 0 heterocycles. The molecule has 0 spiro atoms. The SMILES string of the molecule is CCCCCC(C)NCCOc1ccccc1OC. The fraction of sp³-hybridized carbons (Fsp3) is 0.625. The molecular formula is C16H27NO2. The van der Waals surface area contributed by atoms with Crippen molar-refractivity contribution in [1.29, 1.82) is 0 Å². The summed E-state index contributed by atoms with van der Waals surface area (Å²) in [6.45, 7) is 6.00. The van der Waals surface area contributed by atoms with Crippen molar-refractivity contribution in [2.45, 2.75) is 45.6 Å². The second-order valence-corrected chi connectivity index (χ2v) is 4.85. The third-order valence-electron chi connectivity index (χ3n) is 3.16. The first-order valence-corrected chi connectivity index (χ1v) is 7.27. The third kappa shape index (κ3) is 6.48. The van der Waals surface area contributed by atoms with Gasteiger partial charge in [0, 0.05) is 12.6 Å².